The smallest absolute Gasteiger partial charge is 0.251 e. The van der Waals surface area contributed by atoms with Gasteiger partial charge in [0.1, 0.15) is 5.75 Å². The summed E-state index contributed by atoms with van der Waals surface area (Å²) in [4.78, 5) is 17.3. The van der Waals surface area contributed by atoms with Gasteiger partial charge in [-0.3, -0.25) is 14.6 Å². The summed E-state index contributed by atoms with van der Waals surface area (Å²) in [7, 11) is 0. The van der Waals surface area contributed by atoms with Gasteiger partial charge in [0.2, 0.25) is 0 Å². The maximum atomic E-state index is 12.4. The fourth-order valence-corrected chi connectivity index (χ4v) is 3.66. The largest absolute Gasteiger partial charge is 0.489 e. The molecule has 1 amide bonds. The van der Waals surface area contributed by atoms with Crippen molar-refractivity contribution in [1.82, 2.24) is 15.1 Å². The van der Waals surface area contributed by atoms with Crippen molar-refractivity contribution < 1.29 is 9.53 Å². The van der Waals surface area contributed by atoms with E-state index in [-0.39, 0.29) is 12.0 Å². The molecular formula is C23H30ClN3O2. The van der Waals surface area contributed by atoms with Crippen molar-refractivity contribution in [3.8, 4) is 5.75 Å². The highest BCUT2D eigenvalue weighted by molar-refractivity contribution is 6.32. The Morgan fingerprint density at radius 2 is 1.76 bits per heavy atom. The van der Waals surface area contributed by atoms with Crippen LogP contribution in [0.4, 0.5) is 0 Å². The lowest BCUT2D eigenvalue weighted by atomic mass is 10.2. The van der Waals surface area contributed by atoms with Crippen LogP contribution in [0.25, 0.3) is 0 Å². The maximum absolute atomic E-state index is 12.4. The summed E-state index contributed by atoms with van der Waals surface area (Å²) < 4.78 is 5.61. The quantitative estimate of drug-likeness (QED) is 0.714. The predicted octanol–water partition coefficient (Wildman–Crippen LogP) is 3.67. The molecule has 0 saturated carbocycles. The minimum absolute atomic E-state index is 0.0420. The fourth-order valence-electron chi connectivity index (χ4n) is 3.43. The first kappa shape index (κ1) is 21.6. The van der Waals surface area contributed by atoms with E-state index in [9.17, 15) is 4.79 Å². The molecule has 0 unspecified atom stereocenters. The molecule has 0 aromatic heterocycles. The molecule has 29 heavy (non-hydrogen) atoms. The first-order chi connectivity index (χ1) is 14.0. The molecule has 1 aliphatic rings. The van der Waals surface area contributed by atoms with Crippen LogP contribution in [-0.2, 0) is 6.54 Å². The van der Waals surface area contributed by atoms with Crippen molar-refractivity contribution in [1.29, 1.82) is 0 Å². The molecule has 156 valence electrons. The summed E-state index contributed by atoms with van der Waals surface area (Å²) in [6.07, 6.45) is 0.0420. The first-order valence-corrected chi connectivity index (χ1v) is 10.6. The number of halogens is 1. The van der Waals surface area contributed by atoms with Crippen molar-refractivity contribution >= 4 is 17.5 Å². The third kappa shape index (κ3) is 6.74. The molecule has 0 spiro atoms. The number of hydrogen-bond acceptors (Lipinski definition) is 4. The van der Waals surface area contributed by atoms with E-state index in [0.717, 1.165) is 39.3 Å². The zero-order valence-corrected chi connectivity index (χ0v) is 18.0. The topological polar surface area (TPSA) is 44.8 Å². The first-order valence-electron chi connectivity index (χ1n) is 10.2. The summed E-state index contributed by atoms with van der Waals surface area (Å²) in [5.41, 5.74) is 1.91. The molecule has 0 atom stereocenters. The van der Waals surface area contributed by atoms with Crippen molar-refractivity contribution in [3.63, 3.8) is 0 Å². The third-order valence-corrected chi connectivity index (χ3v) is 5.28. The second kappa shape index (κ2) is 10.6. The average Bonchev–Trinajstić information content (AvgIpc) is 2.71. The van der Waals surface area contributed by atoms with Crippen molar-refractivity contribution in [3.05, 3.63) is 64.7 Å². The lowest BCUT2D eigenvalue weighted by Crippen LogP contribution is -2.48. The maximum Gasteiger partial charge on any atom is 0.251 e. The number of piperazine rings is 1. The third-order valence-electron chi connectivity index (χ3n) is 4.98. The Hall–Kier alpha value is -2.08. The number of nitrogens with zero attached hydrogens (tertiary/aromatic N) is 2. The zero-order valence-electron chi connectivity index (χ0n) is 17.2. The minimum atomic E-state index is -0.106. The second-order valence-electron chi connectivity index (χ2n) is 7.67. The van der Waals surface area contributed by atoms with E-state index in [1.807, 2.05) is 13.8 Å². The van der Waals surface area contributed by atoms with E-state index in [2.05, 4.69) is 45.4 Å². The normalized spacial score (nSPS) is 15.4. The van der Waals surface area contributed by atoms with Crippen LogP contribution in [0, 0.1) is 0 Å². The molecule has 0 aliphatic carbocycles. The summed E-state index contributed by atoms with van der Waals surface area (Å²) in [5, 5.41) is 3.45. The molecule has 6 heteroatoms. The van der Waals surface area contributed by atoms with E-state index in [0.29, 0.717) is 22.9 Å². The van der Waals surface area contributed by atoms with Gasteiger partial charge in [-0.15, -0.1) is 0 Å². The van der Waals surface area contributed by atoms with Gasteiger partial charge in [0.15, 0.2) is 0 Å². The molecule has 1 N–H and O–H groups in total. The molecule has 1 saturated heterocycles. The summed E-state index contributed by atoms with van der Waals surface area (Å²) >= 11 is 6.23. The second-order valence-corrected chi connectivity index (χ2v) is 8.08. The van der Waals surface area contributed by atoms with Crippen molar-refractivity contribution in [2.24, 2.45) is 0 Å². The molecule has 1 aliphatic heterocycles. The van der Waals surface area contributed by atoms with Gasteiger partial charge in [-0.1, -0.05) is 41.9 Å². The van der Waals surface area contributed by atoms with Gasteiger partial charge < -0.3 is 10.1 Å². The van der Waals surface area contributed by atoms with E-state index >= 15 is 0 Å². The van der Waals surface area contributed by atoms with Crippen LogP contribution in [0.3, 0.4) is 0 Å². The Kier molecular flexibility index (Phi) is 7.92. The average molecular weight is 416 g/mol. The summed E-state index contributed by atoms with van der Waals surface area (Å²) in [5.74, 6) is 0.498. The highest BCUT2D eigenvalue weighted by atomic mass is 35.5. The summed E-state index contributed by atoms with van der Waals surface area (Å²) in [6, 6.07) is 15.8. The zero-order chi connectivity index (χ0) is 20.6. The Balaban J connectivity index is 1.38. The van der Waals surface area contributed by atoms with E-state index in [4.69, 9.17) is 16.3 Å². The molecule has 3 rings (SSSR count). The number of hydrogen-bond donors (Lipinski definition) is 1. The van der Waals surface area contributed by atoms with Crippen LogP contribution in [-0.4, -0.2) is 61.1 Å². The molecule has 2 aromatic carbocycles. The van der Waals surface area contributed by atoms with Crippen LogP contribution in [0.15, 0.2) is 48.5 Å². The molecule has 1 heterocycles. The standard InChI is InChI=1S/C23H30ClN3O2/c1-18(2)29-22-9-8-20(16-21(22)24)23(28)25-10-11-26-12-14-27(15-13-26)17-19-6-4-3-5-7-19/h3-9,16,18H,10-15,17H2,1-2H3,(H,25,28). The highest BCUT2D eigenvalue weighted by Crippen LogP contribution is 2.26. The number of nitrogens with one attached hydrogen (secondary N) is 1. The molecule has 5 nitrogen and oxygen atoms in total. The van der Waals surface area contributed by atoms with Gasteiger partial charge in [-0.05, 0) is 37.6 Å². The molecule has 0 radical (unpaired) electrons. The van der Waals surface area contributed by atoms with Gasteiger partial charge >= 0.3 is 0 Å². The van der Waals surface area contributed by atoms with Gasteiger partial charge in [0, 0.05) is 51.4 Å². The molecular weight excluding hydrogens is 386 g/mol. The van der Waals surface area contributed by atoms with Crippen molar-refractivity contribution in [2.75, 3.05) is 39.3 Å². The van der Waals surface area contributed by atoms with Crippen LogP contribution in [0.2, 0.25) is 5.02 Å². The summed E-state index contributed by atoms with van der Waals surface area (Å²) in [6.45, 7) is 10.5. The number of ether oxygens (including phenoxy) is 1. The van der Waals surface area contributed by atoms with Gasteiger partial charge in [0.05, 0.1) is 11.1 Å². The number of rotatable bonds is 8. The Bertz CT molecular complexity index is 790. The van der Waals surface area contributed by atoms with Crippen molar-refractivity contribution in [2.45, 2.75) is 26.5 Å². The van der Waals surface area contributed by atoms with E-state index < -0.39 is 0 Å². The number of carbonyl (C=O) groups is 1. The van der Waals surface area contributed by atoms with Crippen LogP contribution >= 0.6 is 11.6 Å². The SMILES string of the molecule is CC(C)Oc1ccc(C(=O)NCCN2CCN(Cc3ccccc3)CC2)cc1Cl. The van der Waals surface area contributed by atoms with Crippen LogP contribution in [0.1, 0.15) is 29.8 Å². The fraction of sp³-hybridized carbons (Fsp3) is 0.435. The predicted molar refractivity (Wildman–Crippen MR) is 118 cm³/mol. The highest BCUT2D eigenvalue weighted by Gasteiger charge is 2.17. The number of benzene rings is 2. The lowest BCUT2D eigenvalue weighted by Gasteiger charge is -2.34. The Labute approximate surface area is 178 Å². The van der Waals surface area contributed by atoms with Crippen LogP contribution < -0.4 is 10.1 Å². The molecule has 0 bridgehead atoms. The lowest BCUT2D eigenvalue weighted by molar-refractivity contribution is 0.0934. The minimum Gasteiger partial charge on any atom is -0.489 e. The monoisotopic (exact) mass is 415 g/mol. The van der Waals surface area contributed by atoms with Crippen LogP contribution in [0.5, 0.6) is 5.75 Å². The number of carbonyl (C=O) groups excluding carboxylic acids is 1. The van der Waals surface area contributed by atoms with E-state index in [1.54, 1.807) is 18.2 Å². The van der Waals surface area contributed by atoms with Gasteiger partial charge in [-0.2, -0.15) is 0 Å². The Morgan fingerprint density at radius 1 is 1.07 bits per heavy atom. The van der Waals surface area contributed by atoms with Gasteiger partial charge in [0.25, 0.3) is 5.91 Å². The molecule has 1 fully saturated rings. The Morgan fingerprint density at radius 3 is 2.41 bits per heavy atom. The van der Waals surface area contributed by atoms with E-state index in [1.165, 1.54) is 5.56 Å². The number of amides is 1. The molecule has 2 aromatic rings. The van der Waals surface area contributed by atoms with Gasteiger partial charge in [-0.25, -0.2) is 0 Å².